The van der Waals surface area contributed by atoms with Gasteiger partial charge in [-0.15, -0.1) is 0 Å². The molecule has 0 aliphatic carbocycles. The lowest BCUT2D eigenvalue weighted by atomic mass is 10.1. The molecule has 102 valence electrons. The summed E-state index contributed by atoms with van der Waals surface area (Å²) in [7, 11) is 0. The van der Waals surface area contributed by atoms with Crippen LogP contribution in [0.15, 0.2) is 18.2 Å². The molecule has 1 aromatic rings. The van der Waals surface area contributed by atoms with E-state index in [1.807, 2.05) is 0 Å². The SMILES string of the molecule is CCN(Cc1cc(F)ccc1C#N)CC1CCCO1. The average molecular weight is 262 g/mol. The highest BCUT2D eigenvalue weighted by molar-refractivity contribution is 5.37. The zero-order valence-electron chi connectivity index (χ0n) is 11.2. The molecule has 0 aromatic heterocycles. The molecule has 0 saturated carbocycles. The van der Waals surface area contributed by atoms with Gasteiger partial charge in [-0.1, -0.05) is 6.92 Å². The van der Waals surface area contributed by atoms with Crippen molar-refractivity contribution in [2.24, 2.45) is 0 Å². The molecule has 1 fully saturated rings. The van der Waals surface area contributed by atoms with E-state index in [2.05, 4.69) is 17.9 Å². The normalized spacial score (nSPS) is 18.7. The average Bonchev–Trinajstić information content (AvgIpc) is 2.91. The maximum atomic E-state index is 13.3. The van der Waals surface area contributed by atoms with E-state index >= 15 is 0 Å². The van der Waals surface area contributed by atoms with Gasteiger partial charge in [-0.25, -0.2) is 4.39 Å². The Balaban J connectivity index is 2.04. The minimum Gasteiger partial charge on any atom is -0.377 e. The van der Waals surface area contributed by atoms with Gasteiger partial charge in [-0.05, 0) is 43.1 Å². The van der Waals surface area contributed by atoms with Crippen LogP contribution < -0.4 is 0 Å². The summed E-state index contributed by atoms with van der Waals surface area (Å²) in [6.45, 7) is 5.21. The highest BCUT2D eigenvalue weighted by Gasteiger charge is 2.19. The van der Waals surface area contributed by atoms with Crippen LogP contribution in [0.25, 0.3) is 0 Å². The second kappa shape index (κ2) is 6.65. The quantitative estimate of drug-likeness (QED) is 0.818. The van der Waals surface area contributed by atoms with E-state index in [9.17, 15) is 4.39 Å². The number of nitrogens with zero attached hydrogens (tertiary/aromatic N) is 2. The molecule has 1 aromatic carbocycles. The summed E-state index contributed by atoms with van der Waals surface area (Å²) in [4.78, 5) is 2.20. The Bertz CT molecular complexity index is 464. The van der Waals surface area contributed by atoms with Crippen molar-refractivity contribution < 1.29 is 9.13 Å². The number of nitriles is 1. The predicted octanol–water partition coefficient (Wildman–Crippen LogP) is 2.70. The van der Waals surface area contributed by atoms with Crippen LogP contribution in [0, 0.1) is 17.1 Å². The van der Waals surface area contributed by atoms with Gasteiger partial charge in [0.05, 0.1) is 17.7 Å². The molecule has 1 saturated heterocycles. The van der Waals surface area contributed by atoms with Crippen LogP contribution in [-0.4, -0.2) is 30.7 Å². The molecule has 0 spiro atoms. The molecule has 0 N–H and O–H groups in total. The van der Waals surface area contributed by atoms with Crippen LogP contribution in [0.3, 0.4) is 0 Å². The molecule has 1 aliphatic rings. The van der Waals surface area contributed by atoms with Gasteiger partial charge in [-0.2, -0.15) is 5.26 Å². The van der Waals surface area contributed by atoms with Crippen LogP contribution in [0.4, 0.5) is 4.39 Å². The molecule has 0 radical (unpaired) electrons. The van der Waals surface area contributed by atoms with E-state index < -0.39 is 0 Å². The van der Waals surface area contributed by atoms with Crippen molar-refractivity contribution in [3.63, 3.8) is 0 Å². The molecule has 1 atom stereocenters. The number of ether oxygens (including phenoxy) is 1. The van der Waals surface area contributed by atoms with E-state index in [1.165, 1.54) is 12.1 Å². The molecule has 1 unspecified atom stereocenters. The van der Waals surface area contributed by atoms with E-state index in [1.54, 1.807) is 6.07 Å². The molecule has 1 heterocycles. The highest BCUT2D eigenvalue weighted by atomic mass is 19.1. The number of hydrogen-bond acceptors (Lipinski definition) is 3. The molecule has 1 aliphatic heterocycles. The summed E-state index contributed by atoms with van der Waals surface area (Å²) in [5.41, 5.74) is 1.30. The summed E-state index contributed by atoms with van der Waals surface area (Å²) >= 11 is 0. The first-order valence-electron chi connectivity index (χ1n) is 6.75. The Morgan fingerprint density at radius 3 is 3.00 bits per heavy atom. The molecule has 0 bridgehead atoms. The fourth-order valence-electron chi connectivity index (χ4n) is 2.42. The van der Waals surface area contributed by atoms with Gasteiger partial charge in [-0.3, -0.25) is 4.90 Å². The summed E-state index contributed by atoms with van der Waals surface area (Å²) in [5.74, 6) is -0.290. The summed E-state index contributed by atoms with van der Waals surface area (Å²) in [6.07, 6.45) is 2.48. The lowest BCUT2D eigenvalue weighted by Gasteiger charge is -2.24. The Labute approximate surface area is 113 Å². The molecule has 2 rings (SSSR count). The molecule has 3 nitrogen and oxygen atoms in total. The molecular formula is C15H19FN2O. The van der Waals surface area contributed by atoms with Crippen molar-refractivity contribution in [2.75, 3.05) is 19.7 Å². The number of benzene rings is 1. The fraction of sp³-hybridized carbons (Fsp3) is 0.533. The van der Waals surface area contributed by atoms with E-state index in [0.717, 1.165) is 38.1 Å². The number of rotatable bonds is 5. The monoisotopic (exact) mass is 262 g/mol. The van der Waals surface area contributed by atoms with Gasteiger partial charge < -0.3 is 4.74 Å². The van der Waals surface area contributed by atoms with Gasteiger partial charge in [0.25, 0.3) is 0 Å². The minimum atomic E-state index is -0.290. The third-order valence-electron chi connectivity index (χ3n) is 3.51. The Kier molecular flexibility index (Phi) is 4.89. The third-order valence-corrected chi connectivity index (χ3v) is 3.51. The smallest absolute Gasteiger partial charge is 0.123 e. The Morgan fingerprint density at radius 1 is 1.53 bits per heavy atom. The van der Waals surface area contributed by atoms with Gasteiger partial charge in [0.15, 0.2) is 0 Å². The Morgan fingerprint density at radius 2 is 2.37 bits per heavy atom. The maximum Gasteiger partial charge on any atom is 0.123 e. The summed E-state index contributed by atoms with van der Waals surface area (Å²) in [6, 6.07) is 6.45. The van der Waals surface area contributed by atoms with Gasteiger partial charge >= 0.3 is 0 Å². The second-order valence-electron chi connectivity index (χ2n) is 4.88. The number of hydrogen-bond donors (Lipinski definition) is 0. The van der Waals surface area contributed by atoms with Gasteiger partial charge in [0.1, 0.15) is 5.82 Å². The van der Waals surface area contributed by atoms with E-state index in [4.69, 9.17) is 10.00 Å². The number of likely N-dealkylation sites (N-methyl/N-ethyl adjacent to an activating group) is 1. The van der Waals surface area contributed by atoms with Crippen molar-refractivity contribution in [3.8, 4) is 6.07 Å². The highest BCUT2D eigenvalue weighted by Crippen LogP contribution is 2.17. The first-order chi connectivity index (χ1) is 9.22. The number of halogens is 1. The van der Waals surface area contributed by atoms with Gasteiger partial charge in [0.2, 0.25) is 0 Å². The third kappa shape index (κ3) is 3.76. The van der Waals surface area contributed by atoms with E-state index in [-0.39, 0.29) is 11.9 Å². The van der Waals surface area contributed by atoms with Crippen molar-refractivity contribution >= 4 is 0 Å². The predicted molar refractivity (Wildman–Crippen MR) is 71.0 cm³/mol. The van der Waals surface area contributed by atoms with Crippen LogP contribution in [0.2, 0.25) is 0 Å². The van der Waals surface area contributed by atoms with Crippen LogP contribution in [0.5, 0.6) is 0 Å². The van der Waals surface area contributed by atoms with Crippen molar-refractivity contribution in [2.45, 2.75) is 32.4 Å². The molecule has 19 heavy (non-hydrogen) atoms. The van der Waals surface area contributed by atoms with Crippen LogP contribution in [-0.2, 0) is 11.3 Å². The van der Waals surface area contributed by atoms with Crippen LogP contribution >= 0.6 is 0 Å². The molecular weight excluding hydrogens is 243 g/mol. The van der Waals surface area contributed by atoms with Gasteiger partial charge in [0, 0.05) is 19.7 Å². The summed E-state index contributed by atoms with van der Waals surface area (Å²) < 4.78 is 18.9. The zero-order chi connectivity index (χ0) is 13.7. The second-order valence-corrected chi connectivity index (χ2v) is 4.88. The molecule has 0 amide bonds. The maximum absolute atomic E-state index is 13.3. The van der Waals surface area contributed by atoms with Crippen molar-refractivity contribution in [3.05, 3.63) is 35.1 Å². The first-order valence-corrected chi connectivity index (χ1v) is 6.75. The zero-order valence-corrected chi connectivity index (χ0v) is 11.2. The largest absolute Gasteiger partial charge is 0.377 e. The van der Waals surface area contributed by atoms with Crippen molar-refractivity contribution in [1.82, 2.24) is 4.90 Å². The molecule has 4 heteroatoms. The topological polar surface area (TPSA) is 36.3 Å². The first kappa shape index (κ1) is 14.0. The van der Waals surface area contributed by atoms with E-state index in [0.29, 0.717) is 12.1 Å². The summed E-state index contributed by atoms with van der Waals surface area (Å²) in [5, 5.41) is 9.06. The minimum absolute atomic E-state index is 0.277. The lowest BCUT2D eigenvalue weighted by molar-refractivity contribution is 0.0724. The fourth-order valence-corrected chi connectivity index (χ4v) is 2.42. The van der Waals surface area contributed by atoms with Crippen LogP contribution in [0.1, 0.15) is 30.9 Å². The standard InChI is InChI=1S/C15H19FN2O/c1-2-18(11-15-4-3-7-19-15)10-13-8-14(16)6-5-12(13)9-17/h5-6,8,15H,2-4,7,10-11H2,1H3. The van der Waals surface area contributed by atoms with Crippen molar-refractivity contribution in [1.29, 1.82) is 5.26 Å². The Hall–Kier alpha value is -1.44. The lowest BCUT2D eigenvalue weighted by Crippen LogP contribution is -2.31.